The van der Waals surface area contributed by atoms with Crippen LogP contribution in [0.5, 0.6) is 5.75 Å². The van der Waals surface area contributed by atoms with E-state index in [4.69, 9.17) is 4.42 Å². The third kappa shape index (κ3) is 6.20. The molecular weight excluding hydrogens is 470 g/mol. The van der Waals surface area contributed by atoms with Crippen LogP contribution >= 0.6 is 0 Å². The van der Waals surface area contributed by atoms with Crippen molar-refractivity contribution in [1.82, 2.24) is 4.90 Å². The number of furan rings is 1. The molecule has 0 atom stereocenters. The molecule has 38 heavy (non-hydrogen) atoms. The molecule has 2 N–H and O–H groups in total. The molecule has 0 spiro atoms. The van der Waals surface area contributed by atoms with Crippen molar-refractivity contribution in [2.24, 2.45) is 0 Å². The van der Waals surface area contributed by atoms with Gasteiger partial charge in [-0.25, -0.2) is 0 Å². The highest BCUT2D eigenvalue weighted by molar-refractivity contribution is 6.01. The van der Waals surface area contributed by atoms with Crippen LogP contribution in [-0.2, 0) is 6.42 Å². The molecule has 4 heteroatoms. The lowest BCUT2D eigenvalue weighted by atomic mass is 9.86. The molecular formula is C34H39NO3. The summed E-state index contributed by atoms with van der Waals surface area (Å²) in [5.74, 6) is 1.29. The molecule has 4 nitrogen and oxygen atoms in total. The van der Waals surface area contributed by atoms with Crippen LogP contribution in [0.15, 0.2) is 77.2 Å². The molecule has 1 saturated heterocycles. The summed E-state index contributed by atoms with van der Waals surface area (Å²) < 4.78 is 6.38. The quantitative estimate of drug-likeness (QED) is 0.228. The number of nitrogens with zero attached hydrogens (tertiary/aromatic N) is 1. The number of phenols is 1. The molecule has 4 aromatic rings. The zero-order valence-electron chi connectivity index (χ0n) is 22.5. The summed E-state index contributed by atoms with van der Waals surface area (Å²) in [6.07, 6.45) is 7.66. The lowest BCUT2D eigenvalue weighted by Gasteiger charge is -2.18. The molecule has 198 valence electrons. The van der Waals surface area contributed by atoms with Gasteiger partial charge >= 0.3 is 0 Å². The van der Waals surface area contributed by atoms with Crippen LogP contribution < -0.4 is 0 Å². The number of phenolic OH excluding ortho intramolecular Hbond substituents is 1. The SMILES string of the molecule is Cc1cc(/C(=C(/CCCO)c2ccccc2)c2ccc(O)cc2)cc2cc(CCN3CCCCCC3)oc12. The molecule has 0 aliphatic carbocycles. The highest BCUT2D eigenvalue weighted by atomic mass is 16.3. The first-order valence-electron chi connectivity index (χ1n) is 14.1. The number of hydrogen-bond donors (Lipinski definition) is 2. The van der Waals surface area contributed by atoms with Crippen LogP contribution in [0.4, 0.5) is 0 Å². The second-order valence-electron chi connectivity index (χ2n) is 10.5. The predicted octanol–water partition coefficient (Wildman–Crippen LogP) is 7.60. The summed E-state index contributed by atoms with van der Waals surface area (Å²) in [5.41, 5.74) is 7.70. The Balaban J connectivity index is 1.57. The zero-order valence-corrected chi connectivity index (χ0v) is 22.5. The van der Waals surface area contributed by atoms with Crippen molar-refractivity contribution in [3.8, 4) is 5.75 Å². The van der Waals surface area contributed by atoms with Crippen molar-refractivity contribution in [3.63, 3.8) is 0 Å². The Morgan fingerprint density at radius 1 is 0.842 bits per heavy atom. The first kappa shape index (κ1) is 26.3. The minimum absolute atomic E-state index is 0.138. The Bertz CT molecular complexity index is 1360. The van der Waals surface area contributed by atoms with Gasteiger partial charge in [0.25, 0.3) is 0 Å². The summed E-state index contributed by atoms with van der Waals surface area (Å²) >= 11 is 0. The summed E-state index contributed by atoms with van der Waals surface area (Å²) in [4.78, 5) is 2.58. The lowest BCUT2D eigenvalue weighted by molar-refractivity contribution is 0.282. The van der Waals surface area contributed by atoms with Crippen LogP contribution in [-0.4, -0.2) is 41.4 Å². The van der Waals surface area contributed by atoms with E-state index in [9.17, 15) is 10.2 Å². The number of fused-ring (bicyclic) bond motifs is 1. The number of benzene rings is 3. The first-order chi connectivity index (χ1) is 18.6. The van der Waals surface area contributed by atoms with E-state index in [1.807, 2.05) is 18.2 Å². The van der Waals surface area contributed by atoms with E-state index in [1.165, 1.54) is 44.3 Å². The van der Waals surface area contributed by atoms with Gasteiger partial charge in [-0.15, -0.1) is 0 Å². The normalized spacial score (nSPS) is 15.4. The number of aryl methyl sites for hydroxylation is 1. The third-order valence-corrected chi connectivity index (χ3v) is 7.68. The molecule has 0 radical (unpaired) electrons. The zero-order chi connectivity index (χ0) is 26.3. The summed E-state index contributed by atoms with van der Waals surface area (Å²) in [5, 5.41) is 20.8. The van der Waals surface area contributed by atoms with Gasteiger partial charge in [-0.2, -0.15) is 0 Å². The molecule has 3 aromatic carbocycles. The third-order valence-electron chi connectivity index (χ3n) is 7.68. The molecule has 0 bridgehead atoms. The fourth-order valence-electron chi connectivity index (χ4n) is 5.73. The van der Waals surface area contributed by atoms with Crippen molar-refractivity contribution in [1.29, 1.82) is 0 Å². The van der Waals surface area contributed by atoms with E-state index in [-0.39, 0.29) is 12.4 Å². The maximum Gasteiger partial charge on any atom is 0.137 e. The average Bonchev–Trinajstić information content (AvgIpc) is 3.17. The van der Waals surface area contributed by atoms with Crippen molar-refractivity contribution in [2.45, 2.75) is 51.9 Å². The topological polar surface area (TPSA) is 56.8 Å². The monoisotopic (exact) mass is 509 g/mol. The fourth-order valence-corrected chi connectivity index (χ4v) is 5.73. The number of aromatic hydroxyl groups is 1. The number of aliphatic hydroxyl groups excluding tert-OH is 1. The van der Waals surface area contributed by atoms with Gasteiger partial charge in [0.1, 0.15) is 17.1 Å². The van der Waals surface area contributed by atoms with Crippen LogP contribution in [0, 0.1) is 6.92 Å². The van der Waals surface area contributed by atoms with E-state index >= 15 is 0 Å². The van der Waals surface area contributed by atoms with Crippen molar-refractivity contribution in [3.05, 3.63) is 101 Å². The standard InChI is InChI=1S/C34H39NO3/c1-25-22-28(23-29-24-31(38-34(25)29)17-20-35-18-7-2-3-8-19-35)33(27-13-15-30(37)16-14-27)32(12-9-21-36)26-10-5-4-6-11-26/h4-6,10-11,13-16,22-24,36-37H,2-3,7-9,12,17-21H2,1H3/b33-32-. The maximum absolute atomic E-state index is 9.99. The number of rotatable bonds is 9. The van der Waals surface area contributed by atoms with E-state index in [1.54, 1.807) is 12.1 Å². The predicted molar refractivity (Wildman–Crippen MR) is 156 cm³/mol. The largest absolute Gasteiger partial charge is 0.508 e. The highest BCUT2D eigenvalue weighted by Gasteiger charge is 2.18. The first-order valence-corrected chi connectivity index (χ1v) is 14.1. The van der Waals surface area contributed by atoms with Gasteiger partial charge in [-0.3, -0.25) is 0 Å². The molecule has 5 rings (SSSR count). The van der Waals surface area contributed by atoms with Crippen LogP contribution in [0.3, 0.4) is 0 Å². The van der Waals surface area contributed by atoms with Gasteiger partial charge in [0.05, 0.1) is 0 Å². The Hall–Kier alpha value is -3.34. The highest BCUT2D eigenvalue weighted by Crippen LogP contribution is 2.38. The van der Waals surface area contributed by atoms with Gasteiger partial charge in [-0.1, -0.05) is 55.3 Å². The molecule has 0 amide bonds. The Morgan fingerprint density at radius 3 is 2.29 bits per heavy atom. The van der Waals surface area contributed by atoms with E-state index in [0.717, 1.165) is 63.9 Å². The van der Waals surface area contributed by atoms with Crippen LogP contribution in [0.25, 0.3) is 22.1 Å². The minimum atomic E-state index is 0.138. The number of hydrogen-bond acceptors (Lipinski definition) is 4. The van der Waals surface area contributed by atoms with E-state index < -0.39 is 0 Å². The van der Waals surface area contributed by atoms with Gasteiger partial charge in [0, 0.05) is 25.0 Å². The summed E-state index contributed by atoms with van der Waals surface area (Å²) in [7, 11) is 0. The fraction of sp³-hybridized carbons (Fsp3) is 0.353. The Kier molecular flexibility index (Phi) is 8.62. The van der Waals surface area contributed by atoms with Crippen LogP contribution in [0.2, 0.25) is 0 Å². The molecule has 2 heterocycles. The average molecular weight is 510 g/mol. The Labute approximate surface area is 226 Å². The van der Waals surface area contributed by atoms with Gasteiger partial charge < -0.3 is 19.5 Å². The molecule has 1 aliphatic rings. The van der Waals surface area contributed by atoms with Crippen molar-refractivity contribution in [2.75, 3.05) is 26.2 Å². The second-order valence-corrected chi connectivity index (χ2v) is 10.5. The van der Waals surface area contributed by atoms with Gasteiger partial charge in [0.15, 0.2) is 0 Å². The van der Waals surface area contributed by atoms with Crippen LogP contribution in [0.1, 0.15) is 66.5 Å². The summed E-state index contributed by atoms with van der Waals surface area (Å²) in [6, 6.07) is 24.5. The van der Waals surface area contributed by atoms with Crippen molar-refractivity contribution < 1.29 is 14.6 Å². The van der Waals surface area contributed by atoms with Crippen molar-refractivity contribution >= 4 is 22.1 Å². The molecule has 0 saturated carbocycles. The molecule has 1 aliphatic heterocycles. The molecule has 0 unspecified atom stereocenters. The minimum Gasteiger partial charge on any atom is -0.508 e. The Morgan fingerprint density at radius 2 is 1.58 bits per heavy atom. The summed E-state index contributed by atoms with van der Waals surface area (Å²) in [6.45, 7) is 5.70. The van der Waals surface area contributed by atoms with Gasteiger partial charge in [0.2, 0.25) is 0 Å². The van der Waals surface area contributed by atoms with E-state index in [0.29, 0.717) is 6.42 Å². The smallest absolute Gasteiger partial charge is 0.137 e. The second kappa shape index (κ2) is 12.5. The molecule has 1 aromatic heterocycles. The molecule has 1 fully saturated rings. The van der Waals surface area contributed by atoms with Gasteiger partial charge in [-0.05, 0) is 109 Å². The number of allylic oxidation sites excluding steroid dienone is 1. The van der Waals surface area contributed by atoms with E-state index in [2.05, 4.69) is 54.3 Å². The number of aliphatic hydroxyl groups is 1. The lowest BCUT2D eigenvalue weighted by Crippen LogP contribution is -2.26. The maximum atomic E-state index is 9.99. The number of likely N-dealkylation sites (tertiary alicyclic amines) is 1.